The van der Waals surface area contributed by atoms with Gasteiger partial charge < -0.3 is 21.3 Å². The number of aliphatic hydroxyl groups is 2. The number of carbonyl (C=O) groups excluding carboxylic acids is 2. The molecular formula is C9H17N2O4. The van der Waals surface area contributed by atoms with Crippen LogP contribution < -0.4 is 11.1 Å². The molecule has 2 amide bonds. The summed E-state index contributed by atoms with van der Waals surface area (Å²) in [5, 5.41) is 19.7. The minimum absolute atomic E-state index is 0.368. The molecule has 0 aromatic carbocycles. The average Bonchev–Trinajstić information content (AvgIpc) is 2.13. The van der Waals surface area contributed by atoms with Gasteiger partial charge in [-0.3, -0.25) is 9.59 Å². The van der Waals surface area contributed by atoms with E-state index >= 15 is 0 Å². The number of rotatable bonds is 6. The molecule has 0 unspecified atom stereocenters. The predicted molar refractivity (Wildman–Crippen MR) is 53.4 cm³/mol. The van der Waals surface area contributed by atoms with Gasteiger partial charge in [0.1, 0.15) is 0 Å². The summed E-state index contributed by atoms with van der Waals surface area (Å²) in [4.78, 5) is 22.2. The van der Waals surface area contributed by atoms with E-state index in [9.17, 15) is 9.59 Å². The Morgan fingerprint density at radius 3 is 2.20 bits per heavy atom. The fourth-order valence-corrected chi connectivity index (χ4v) is 0.791. The van der Waals surface area contributed by atoms with Crippen molar-refractivity contribution in [3.8, 4) is 0 Å². The molecule has 15 heavy (non-hydrogen) atoms. The molecule has 0 atom stereocenters. The first kappa shape index (κ1) is 13.9. The van der Waals surface area contributed by atoms with Gasteiger partial charge in [0.15, 0.2) is 0 Å². The quantitative estimate of drug-likeness (QED) is 0.419. The second-order valence-corrected chi connectivity index (χ2v) is 3.80. The van der Waals surface area contributed by atoms with Crippen molar-refractivity contribution in [1.29, 1.82) is 0 Å². The molecule has 0 aliphatic heterocycles. The molecule has 0 aromatic heterocycles. The molecule has 0 saturated carbocycles. The summed E-state index contributed by atoms with van der Waals surface area (Å²) in [5.41, 5.74) is 4.01. The number of carbonyl (C=O) groups is 2. The molecule has 5 N–H and O–H groups in total. The van der Waals surface area contributed by atoms with E-state index in [1.54, 1.807) is 0 Å². The van der Waals surface area contributed by atoms with Crippen LogP contribution in [0.2, 0.25) is 0 Å². The first-order valence-electron chi connectivity index (χ1n) is 4.51. The Kier molecular flexibility index (Phi) is 5.24. The molecule has 0 aliphatic rings. The molecule has 0 saturated heterocycles. The average molecular weight is 217 g/mol. The van der Waals surface area contributed by atoms with Gasteiger partial charge in [0.25, 0.3) is 0 Å². The van der Waals surface area contributed by atoms with E-state index in [-0.39, 0.29) is 13.2 Å². The number of nitrogens with one attached hydrogen (secondary N) is 1. The van der Waals surface area contributed by atoms with E-state index in [1.807, 2.05) is 0 Å². The second kappa shape index (κ2) is 5.67. The Morgan fingerprint density at radius 1 is 1.40 bits per heavy atom. The van der Waals surface area contributed by atoms with Crippen molar-refractivity contribution in [2.45, 2.75) is 19.9 Å². The lowest BCUT2D eigenvalue weighted by atomic mass is 9.88. The van der Waals surface area contributed by atoms with E-state index in [0.29, 0.717) is 0 Å². The van der Waals surface area contributed by atoms with Gasteiger partial charge in [-0.2, -0.15) is 0 Å². The van der Waals surface area contributed by atoms with Gasteiger partial charge >= 0.3 is 0 Å². The third kappa shape index (κ3) is 4.75. The maximum Gasteiger partial charge on any atom is 0.225 e. The van der Waals surface area contributed by atoms with Crippen LogP contribution in [0.25, 0.3) is 0 Å². The molecule has 6 nitrogen and oxygen atoms in total. The third-order valence-corrected chi connectivity index (χ3v) is 1.91. The number of aliphatic hydroxyl groups excluding tert-OH is 2. The molecular weight excluding hydrogens is 200 g/mol. The van der Waals surface area contributed by atoms with Gasteiger partial charge in [0.05, 0.1) is 31.1 Å². The van der Waals surface area contributed by atoms with Crippen LogP contribution in [0.3, 0.4) is 0 Å². The minimum Gasteiger partial charge on any atom is -0.394 e. The molecule has 87 valence electrons. The predicted octanol–water partition coefficient (Wildman–Crippen LogP) is -1.83. The number of nitrogens with two attached hydrogens (primary N) is 1. The Morgan fingerprint density at radius 2 is 1.87 bits per heavy atom. The lowest BCUT2D eigenvalue weighted by molar-refractivity contribution is -0.128. The SMILES string of the molecule is CC(C)([CH]C(=O)NC(CO)CO)C(N)=O. The fourth-order valence-electron chi connectivity index (χ4n) is 0.791. The van der Waals surface area contributed by atoms with Gasteiger partial charge in [-0.1, -0.05) is 13.8 Å². The van der Waals surface area contributed by atoms with Crippen molar-refractivity contribution in [2.75, 3.05) is 13.2 Å². The standard InChI is InChI=1S/C9H17N2O4/c1-9(2,8(10)15)3-7(14)11-6(4-12)5-13/h3,6,12-13H,4-5H2,1-2H3,(H2,10,15)(H,11,14). The summed E-state index contributed by atoms with van der Waals surface area (Å²) in [6.45, 7) is 2.27. The van der Waals surface area contributed by atoms with Gasteiger partial charge in [-0.25, -0.2) is 0 Å². The van der Waals surface area contributed by atoms with E-state index in [4.69, 9.17) is 15.9 Å². The van der Waals surface area contributed by atoms with E-state index in [1.165, 1.54) is 13.8 Å². The van der Waals surface area contributed by atoms with Crippen molar-refractivity contribution >= 4 is 11.8 Å². The van der Waals surface area contributed by atoms with Gasteiger partial charge in [0.2, 0.25) is 11.8 Å². The Balaban J connectivity index is 4.20. The normalized spacial score (nSPS) is 11.5. The van der Waals surface area contributed by atoms with Gasteiger partial charge in [-0.05, 0) is 0 Å². The molecule has 0 aromatic rings. The molecule has 0 bridgehead atoms. The molecule has 0 fully saturated rings. The smallest absolute Gasteiger partial charge is 0.225 e. The zero-order valence-corrected chi connectivity index (χ0v) is 8.86. The van der Waals surface area contributed by atoms with Crippen LogP contribution in [0.4, 0.5) is 0 Å². The lowest BCUT2D eigenvalue weighted by Crippen LogP contribution is -2.44. The van der Waals surface area contributed by atoms with Crippen molar-refractivity contribution in [3.05, 3.63) is 6.42 Å². The van der Waals surface area contributed by atoms with Crippen LogP contribution in [0.1, 0.15) is 13.8 Å². The van der Waals surface area contributed by atoms with E-state index < -0.39 is 23.3 Å². The highest BCUT2D eigenvalue weighted by molar-refractivity contribution is 5.94. The lowest BCUT2D eigenvalue weighted by Gasteiger charge is -2.20. The Labute approximate surface area is 88.5 Å². The minimum atomic E-state index is -1.06. The Bertz CT molecular complexity index is 236. The summed E-state index contributed by atoms with van der Waals surface area (Å²) in [6.07, 6.45) is 1.12. The van der Waals surface area contributed by atoms with Crippen LogP contribution in [0, 0.1) is 11.8 Å². The summed E-state index contributed by atoms with van der Waals surface area (Å²) in [5.74, 6) is -1.17. The number of amides is 2. The van der Waals surface area contributed by atoms with Crippen LogP contribution in [-0.2, 0) is 9.59 Å². The summed E-state index contributed by atoms with van der Waals surface area (Å²) in [7, 11) is 0. The maximum atomic E-state index is 11.3. The van der Waals surface area contributed by atoms with Crippen molar-refractivity contribution in [3.63, 3.8) is 0 Å². The fraction of sp³-hybridized carbons (Fsp3) is 0.667. The zero-order chi connectivity index (χ0) is 12.1. The Hall–Kier alpha value is -1.14. The third-order valence-electron chi connectivity index (χ3n) is 1.91. The van der Waals surface area contributed by atoms with Gasteiger partial charge in [0, 0.05) is 0 Å². The number of primary amides is 1. The summed E-state index contributed by atoms with van der Waals surface area (Å²) in [6, 6.07) is -0.725. The highest BCUT2D eigenvalue weighted by Gasteiger charge is 2.29. The molecule has 1 radical (unpaired) electrons. The van der Waals surface area contributed by atoms with Crippen LogP contribution in [-0.4, -0.2) is 41.3 Å². The first-order chi connectivity index (χ1) is 6.83. The highest BCUT2D eigenvalue weighted by atomic mass is 16.3. The summed E-state index contributed by atoms with van der Waals surface area (Å²) < 4.78 is 0. The largest absolute Gasteiger partial charge is 0.394 e. The topological polar surface area (TPSA) is 113 Å². The van der Waals surface area contributed by atoms with E-state index in [2.05, 4.69) is 5.32 Å². The summed E-state index contributed by atoms with van der Waals surface area (Å²) >= 11 is 0. The molecule has 0 aliphatic carbocycles. The molecule has 0 rings (SSSR count). The highest BCUT2D eigenvalue weighted by Crippen LogP contribution is 2.17. The zero-order valence-electron chi connectivity index (χ0n) is 8.86. The monoisotopic (exact) mass is 217 g/mol. The van der Waals surface area contributed by atoms with E-state index in [0.717, 1.165) is 6.42 Å². The second-order valence-electron chi connectivity index (χ2n) is 3.80. The van der Waals surface area contributed by atoms with Crippen LogP contribution in [0.15, 0.2) is 0 Å². The first-order valence-corrected chi connectivity index (χ1v) is 4.51. The van der Waals surface area contributed by atoms with Crippen molar-refractivity contribution in [1.82, 2.24) is 5.32 Å². The van der Waals surface area contributed by atoms with Crippen molar-refractivity contribution < 1.29 is 19.8 Å². The van der Waals surface area contributed by atoms with Crippen LogP contribution >= 0.6 is 0 Å². The molecule has 0 spiro atoms. The van der Waals surface area contributed by atoms with Crippen molar-refractivity contribution in [2.24, 2.45) is 11.1 Å². The number of hydrogen-bond acceptors (Lipinski definition) is 4. The molecule has 0 heterocycles. The van der Waals surface area contributed by atoms with Crippen LogP contribution in [0.5, 0.6) is 0 Å². The maximum absolute atomic E-state index is 11.3. The van der Waals surface area contributed by atoms with Gasteiger partial charge in [-0.15, -0.1) is 0 Å². The number of hydrogen-bond donors (Lipinski definition) is 4. The molecule has 6 heteroatoms.